The van der Waals surface area contributed by atoms with Gasteiger partial charge in [0.25, 0.3) is 0 Å². The van der Waals surface area contributed by atoms with Gasteiger partial charge in [0.1, 0.15) is 5.75 Å². The second-order valence-corrected chi connectivity index (χ2v) is 12.9. The summed E-state index contributed by atoms with van der Waals surface area (Å²) in [5.41, 5.74) is 0. The maximum atomic E-state index is 12.9. The first-order valence-electron chi connectivity index (χ1n) is 8.50. The number of ether oxygens (including phenoxy) is 1. The van der Waals surface area contributed by atoms with Crippen LogP contribution in [0.5, 0.6) is 11.5 Å². The normalized spacial score (nSPS) is 11.6. The highest BCUT2D eigenvalue weighted by atomic mass is 28.3. The predicted octanol–water partition coefficient (Wildman–Crippen LogP) is 5.98. The van der Waals surface area contributed by atoms with Crippen molar-refractivity contribution in [1.82, 2.24) is 0 Å². The molecule has 1 aromatic rings. The van der Waals surface area contributed by atoms with Crippen LogP contribution >= 0.6 is 0 Å². The second-order valence-electron chi connectivity index (χ2n) is 7.25. The van der Waals surface area contributed by atoms with Crippen molar-refractivity contribution >= 4 is 8.07 Å². The van der Waals surface area contributed by atoms with E-state index in [0.29, 0.717) is 12.4 Å². The monoisotopic (exact) mass is 326 g/mol. The summed E-state index contributed by atoms with van der Waals surface area (Å²) >= 11 is 0. The second kappa shape index (κ2) is 9.88. The van der Waals surface area contributed by atoms with Crippen LogP contribution in [0, 0.1) is 5.82 Å². The van der Waals surface area contributed by atoms with Crippen LogP contribution in [0.3, 0.4) is 0 Å². The molecule has 0 unspecified atom stereocenters. The summed E-state index contributed by atoms with van der Waals surface area (Å²) in [6.45, 7) is 7.94. The van der Waals surface area contributed by atoms with Crippen LogP contribution in [0.25, 0.3) is 0 Å². The highest BCUT2D eigenvalue weighted by molar-refractivity contribution is 6.76. The molecule has 0 atom stereocenters. The molecule has 126 valence electrons. The Morgan fingerprint density at radius 1 is 0.955 bits per heavy atom. The standard InChI is InChI=1S/C18H31FO2Si/c1-22(2,3)14-10-8-6-4-5-7-9-13-21-16-11-12-17(19)18(20)15-16/h11-12,15,20H,4-10,13-14H2,1-3H3. The molecule has 0 fully saturated rings. The van der Waals surface area contributed by atoms with Crippen molar-refractivity contribution in [2.24, 2.45) is 0 Å². The summed E-state index contributed by atoms with van der Waals surface area (Å²) < 4.78 is 18.4. The van der Waals surface area contributed by atoms with Crippen LogP contribution in [0.2, 0.25) is 25.7 Å². The predicted molar refractivity (Wildman–Crippen MR) is 94.0 cm³/mol. The molecule has 0 saturated carbocycles. The molecule has 0 aliphatic carbocycles. The van der Waals surface area contributed by atoms with E-state index in [-0.39, 0.29) is 5.75 Å². The van der Waals surface area contributed by atoms with Gasteiger partial charge in [0.2, 0.25) is 0 Å². The van der Waals surface area contributed by atoms with Crippen LogP contribution in [0.4, 0.5) is 4.39 Å². The number of rotatable bonds is 11. The zero-order valence-corrected chi connectivity index (χ0v) is 15.3. The van der Waals surface area contributed by atoms with Crippen LogP contribution in [0.1, 0.15) is 44.9 Å². The highest BCUT2D eigenvalue weighted by Gasteiger charge is 2.11. The largest absolute Gasteiger partial charge is 0.505 e. The molecule has 1 N–H and O–H groups in total. The molecule has 1 aromatic carbocycles. The third-order valence-corrected chi connectivity index (χ3v) is 5.61. The lowest BCUT2D eigenvalue weighted by Crippen LogP contribution is -2.18. The molecule has 0 radical (unpaired) electrons. The Morgan fingerprint density at radius 3 is 2.14 bits per heavy atom. The number of aromatic hydroxyl groups is 1. The topological polar surface area (TPSA) is 29.5 Å². The molecule has 0 aliphatic heterocycles. The Morgan fingerprint density at radius 2 is 1.55 bits per heavy atom. The average Bonchev–Trinajstić information content (AvgIpc) is 2.43. The first-order chi connectivity index (χ1) is 10.4. The highest BCUT2D eigenvalue weighted by Crippen LogP contribution is 2.22. The van der Waals surface area contributed by atoms with E-state index in [1.807, 2.05) is 0 Å². The lowest BCUT2D eigenvalue weighted by molar-refractivity contribution is 0.301. The van der Waals surface area contributed by atoms with E-state index in [2.05, 4.69) is 19.6 Å². The molecule has 4 heteroatoms. The minimum Gasteiger partial charge on any atom is -0.505 e. The number of hydrogen-bond acceptors (Lipinski definition) is 2. The number of phenolic OH excluding ortho intramolecular Hbond substituents is 1. The zero-order chi connectivity index (χ0) is 16.4. The Labute approximate surface area is 135 Å². The van der Waals surface area contributed by atoms with E-state index in [4.69, 9.17) is 4.74 Å². The van der Waals surface area contributed by atoms with Gasteiger partial charge in [-0.1, -0.05) is 64.2 Å². The van der Waals surface area contributed by atoms with E-state index in [0.717, 1.165) is 6.42 Å². The van der Waals surface area contributed by atoms with Gasteiger partial charge in [0, 0.05) is 14.1 Å². The summed E-state index contributed by atoms with van der Waals surface area (Å²) in [5.74, 6) is -0.428. The van der Waals surface area contributed by atoms with Gasteiger partial charge in [0.05, 0.1) is 6.61 Å². The summed E-state index contributed by atoms with van der Waals surface area (Å²) in [7, 11) is -0.841. The van der Waals surface area contributed by atoms with Crippen molar-refractivity contribution < 1.29 is 14.2 Å². The van der Waals surface area contributed by atoms with Gasteiger partial charge in [-0.05, 0) is 18.6 Å². The quantitative estimate of drug-likeness (QED) is 0.400. The summed E-state index contributed by atoms with van der Waals surface area (Å²) in [6.07, 6.45) is 8.85. The lowest BCUT2D eigenvalue weighted by atomic mass is 10.1. The summed E-state index contributed by atoms with van der Waals surface area (Å²) in [5, 5.41) is 9.24. The summed E-state index contributed by atoms with van der Waals surface area (Å²) in [4.78, 5) is 0. The molecule has 1 rings (SSSR count). The molecular weight excluding hydrogens is 295 g/mol. The van der Waals surface area contributed by atoms with Gasteiger partial charge >= 0.3 is 0 Å². The fraction of sp³-hybridized carbons (Fsp3) is 0.667. The fourth-order valence-corrected chi connectivity index (χ4v) is 3.72. The van der Waals surface area contributed by atoms with Crippen molar-refractivity contribution in [3.05, 3.63) is 24.0 Å². The van der Waals surface area contributed by atoms with E-state index >= 15 is 0 Å². The van der Waals surface area contributed by atoms with Gasteiger partial charge in [-0.3, -0.25) is 0 Å². The van der Waals surface area contributed by atoms with Gasteiger partial charge in [-0.2, -0.15) is 0 Å². The SMILES string of the molecule is C[Si](C)(C)CCCCCCCCCOc1ccc(F)c(O)c1. The first kappa shape index (κ1) is 19.0. The van der Waals surface area contributed by atoms with E-state index in [1.54, 1.807) is 6.07 Å². The lowest BCUT2D eigenvalue weighted by Gasteiger charge is -2.14. The van der Waals surface area contributed by atoms with E-state index in [9.17, 15) is 9.50 Å². The van der Waals surface area contributed by atoms with Crippen molar-refractivity contribution in [3.63, 3.8) is 0 Å². The molecule has 22 heavy (non-hydrogen) atoms. The smallest absolute Gasteiger partial charge is 0.165 e. The van der Waals surface area contributed by atoms with Crippen molar-refractivity contribution in [3.8, 4) is 11.5 Å². The van der Waals surface area contributed by atoms with E-state index in [1.165, 1.54) is 56.7 Å². The summed E-state index contributed by atoms with van der Waals surface area (Å²) in [6, 6.07) is 5.55. The van der Waals surface area contributed by atoms with Gasteiger partial charge in [-0.25, -0.2) is 4.39 Å². The van der Waals surface area contributed by atoms with Crippen LogP contribution < -0.4 is 4.74 Å². The van der Waals surface area contributed by atoms with Gasteiger partial charge in [-0.15, -0.1) is 0 Å². The number of unbranched alkanes of at least 4 members (excludes halogenated alkanes) is 6. The van der Waals surface area contributed by atoms with Crippen molar-refractivity contribution in [2.75, 3.05) is 6.61 Å². The Bertz CT molecular complexity index is 430. The Hall–Kier alpha value is -1.03. The molecule has 0 heterocycles. The number of benzene rings is 1. The molecule has 0 bridgehead atoms. The molecular formula is C18H31FO2Si. The zero-order valence-electron chi connectivity index (χ0n) is 14.3. The molecule has 0 saturated heterocycles. The molecule has 0 aromatic heterocycles. The van der Waals surface area contributed by atoms with Gasteiger partial charge in [0.15, 0.2) is 11.6 Å². The number of phenols is 1. The van der Waals surface area contributed by atoms with Gasteiger partial charge < -0.3 is 9.84 Å². The number of halogens is 1. The van der Waals surface area contributed by atoms with Crippen molar-refractivity contribution in [1.29, 1.82) is 0 Å². The fourth-order valence-electron chi connectivity index (χ4n) is 2.41. The maximum Gasteiger partial charge on any atom is 0.165 e. The maximum absolute atomic E-state index is 12.9. The van der Waals surface area contributed by atoms with Crippen LogP contribution in [-0.4, -0.2) is 19.8 Å². The van der Waals surface area contributed by atoms with Crippen LogP contribution in [-0.2, 0) is 0 Å². The minimum atomic E-state index is -0.841. The molecule has 0 spiro atoms. The minimum absolute atomic E-state index is 0.351. The first-order valence-corrected chi connectivity index (χ1v) is 12.2. The third-order valence-electron chi connectivity index (χ3n) is 3.76. The molecule has 0 aliphatic rings. The number of hydrogen-bond donors (Lipinski definition) is 1. The molecule has 2 nitrogen and oxygen atoms in total. The van der Waals surface area contributed by atoms with Crippen LogP contribution in [0.15, 0.2) is 18.2 Å². The third kappa shape index (κ3) is 9.08. The Kier molecular flexibility index (Phi) is 8.54. The molecule has 0 amide bonds. The average molecular weight is 327 g/mol. The Balaban J connectivity index is 1.94. The van der Waals surface area contributed by atoms with Crippen molar-refractivity contribution in [2.45, 2.75) is 70.6 Å². The van der Waals surface area contributed by atoms with E-state index < -0.39 is 13.9 Å².